The number of hydrogen-bond acceptors (Lipinski definition) is 10. The first-order valence-corrected chi connectivity index (χ1v) is 24.6. The molecule has 1 saturated carbocycles. The minimum atomic E-state index is -1.06. The van der Waals surface area contributed by atoms with Gasteiger partial charge in [0.25, 0.3) is 0 Å². The number of aromatic nitrogens is 2. The Bertz CT molecular complexity index is 2820. The molecule has 7 unspecified atom stereocenters. The summed E-state index contributed by atoms with van der Waals surface area (Å²) in [6, 6.07) is 24.3. The van der Waals surface area contributed by atoms with E-state index in [-0.39, 0.29) is 52.8 Å². The lowest BCUT2D eigenvalue weighted by Crippen LogP contribution is -2.50. The van der Waals surface area contributed by atoms with Crippen LogP contribution in [0.15, 0.2) is 103 Å². The average Bonchev–Trinajstić information content (AvgIpc) is 4.02. The van der Waals surface area contributed by atoms with Gasteiger partial charge in [0.15, 0.2) is 23.0 Å². The van der Waals surface area contributed by atoms with E-state index >= 15 is 4.79 Å². The number of fused-ring (bicyclic) bond motifs is 7. The highest BCUT2D eigenvalue weighted by atomic mass is 16.5. The maximum atomic E-state index is 16.1. The number of nitrogens with one attached hydrogen (secondary N) is 1. The molecule has 6 N–H and O–H groups in total. The Morgan fingerprint density at radius 2 is 1.85 bits per heavy atom. The second-order valence-electron chi connectivity index (χ2n) is 20.0. The van der Waals surface area contributed by atoms with Crippen LogP contribution in [0.2, 0.25) is 0 Å². The molecule has 11 nitrogen and oxygen atoms in total. The number of aliphatic hydroxyl groups excluding tert-OH is 1. The van der Waals surface area contributed by atoms with Crippen LogP contribution in [0.1, 0.15) is 104 Å². The van der Waals surface area contributed by atoms with Crippen molar-refractivity contribution >= 4 is 28.1 Å². The number of carbonyl (C=O) groups is 1. The van der Waals surface area contributed by atoms with Gasteiger partial charge < -0.3 is 45.3 Å². The quantitative estimate of drug-likeness (QED) is 0.0570. The average molecular weight is 917 g/mol. The Hall–Kier alpha value is -6.46. The van der Waals surface area contributed by atoms with Crippen molar-refractivity contribution in [1.82, 2.24) is 9.97 Å². The van der Waals surface area contributed by atoms with Crippen LogP contribution in [0.4, 0.5) is 11.5 Å². The Morgan fingerprint density at radius 3 is 2.71 bits per heavy atom. The van der Waals surface area contributed by atoms with E-state index in [2.05, 4.69) is 30.5 Å². The van der Waals surface area contributed by atoms with E-state index < -0.39 is 23.4 Å². The Morgan fingerprint density at radius 1 is 0.956 bits per heavy atom. The molecule has 0 amide bonds. The smallest absolute Gasteiger partial charge is 0.200 e. The molecule has 7 atom stereocenters. The number of aromatic hydroxyl groups is 4. The molecule has 10 rings (SSSR count). The molecule has 2 aliphatic heterocycles. The van der Waals surface area contributed by atoms with Crippen LogP contribution in [0.3, 0.4) is 0 Å². The van der Waals surface area contributed by atoms with Crippen LogP contribution >= 0.6 is 0 Å². The number of rotatable bonds is 10. The summed E-state index contributed by atoms with van der Waals surface area (Å²) in [7, 11) is 0. The third-order valence-corrected chi connectivity index (χ3v) is 15.6. The summed E-state index contributed by atoms with van der Waals surface area (Å²) >= 11 is 0. The number of phenols is 4. The number of nitrogens with zero attached hydrogens (tertiary/aromatic N) is 2. The van der Waals surface area contributed by atoms with Crippen molar-refractivity contribution in [2.75, 3.05) is 18.5 Å². The van der Waals surface area contributed by atoms with Crippen molar-refractivity contribution in [2.24, 2.45) is 23.7 Å². The van der Waals surface area contributed by atoms with Crippen LogP contribution < -0.4 is 19.8 Å². The number of phenolic OH excluding ortho intramolecular Hbond substituents is 4. The molecule has 2 aromatic heterocycles. The highest BCUT2D eigenvalue weighted by molar-refractivity contribution is 5.92. The predicted octanol–water partition coefficient (Wildman–Crippen LogP) is 10.6. The fourth-order valence-electron chi connectivity index (χ4n) is 12.4. The second-order valence-corrected chi connectivity index (χ2v) is 20.0. The molecule has 1 fully saturated rings. The number of carbonyl (C=O) groups excluding carboxylic acids is 1. The first kappa shape index (κ1) is 45.3. The summed E-state index contributed by atoms with van der Waals surface area (Å²) in [5.74, 6) is 0.123. The number of aliphatic hydroxyl groups is 1. The zero-order valence-electron chi connectivity index (χ0n) is 38.7. The van der Waals surface area contributed by atoms with E-state index in [1.54, 1.807) is 42.7 Å². The molecule has 0 radical (unpaired) electrons. The molecule has 4 heterocycles. The largest absolute Gasteiger partial charge is 0.668 e. The van der Waals surface area contributed by atoms with Crippen LogP contribution in [0.25, 0.3) is 10.8 Å². The Labute approximate surface area is 397 Å². The van der Waals surface area contributed by atoms with E-state index in [0.29, 0.717) is 74.8 Å². The van der Waals surface area contributed by atoms with Gasteiger partial charge in [-0.3, -0.25) is 4.79 Å². The number of benzene rings is 4. The molecule has 2 aliphatic carbocycles. The molecule has 68 heavy (non-hydrogen) atoms. The van der Waals surface area contributed by atoms with E-state index in [0.717, 1.165) is 82.9 Å². The van der Waals surface area contributed by atoms with E-state index in [1.807, 2.05) is 42.5 Å². The van der Waals surface area contributed by atoms with Crippen LogP contribution in [0.5, 0.6) is 34.5 Å². The maximum absolute atomic E-state index is 16.1. The number of aryl methyl sites for hydroxylation is 2. The van der Waals surface area contributed by atoms with Gasteiger partial charge in [-0.15, -0.1) is 0 Å². The third-order valence-electron chi connectivity index (χ3n) is 15.6. The van der Waals surface area contributed by atoms with Crippen molar-refractivity contribution in [3.8, 4) is 34.5 Å². The first-order valence-electron chi connectivity index (χ1n) is 24.6. The van der Waals surface area contributed by atoms with Gasteiger partial charge in [0.05, 0.1) is 25.2 Å². The molecule has 6 aromatic rings. The van der Waals surface area contributed by atoms with Gasteiger partial charge >= 0.3 is 0 Å². The topological polar surface area (TPSA) is 176 Å². The minimum Gasteiger partial charge on any atom is -0.668 e. The van der Waals surface area contributed by atoms with Crippen LogP contribution in [0, 0.1) is 23.7 Å². The van der Waals surface area contributed by atoms with Gasteiger partial charge in [0, 0.05) is 35.2 Å². The van der Waals surface area contributed by atoms with Gasteiger partial charge in [-0.2, -0.15) is 11.9 Å². The van der Waals surface area contributed by atoms with Gasteiger partial charge in [-0.25, -0.2) is 4.98 Å². The summed E-state index contributed by atoms with van der Waals surface area (Å²) in [6.07, 6.45) is 15.2. The van der Waals surface area contributed by atoms with E-state index in [9.17, 15) is 25.5 Å². The monoisotopic (exact) mass is 916 g/mol. The van der Waals surface area contributed by atoms with E-state index in [1.165, 1.54) is 0 Å². The lowest BCUT2D eigenvalue weighted by atomic mass is 9.58. The van der Waals surface area contributed by atoms with Crippen molar-refractivity contribution in [3.05, 3.63) is 137 Å². The Kier molecular flexibility index (Phi) is 12.8. The summed E-state index contributed by atoms with van der Waals surface area (Å²) in [5.41, 5.74) is 5.49. The highest BCUT2D eigenvalue weighted by Crippen LogP contribution is 2.55. The molecule has 354 valence electrons. The van der Waals surface area contributed by atoms with Gasteiger partial charge in [0.1, 0.15) is 17.4 Å². The van der Waals surface area contributed by atoms with Gasteiger partial charge in [0.2, 0.25) is 5.75 Å². The van der Waals surface area contributed by atoms with Crippen molar-refractivity contribution in [2.45, 2.75) is 108 Å². The number of pyridine rings is 1. The third kappa shape index (κ3) is 9.00. The minimum absolute atomic E-state index is 0.0477. The summed E-state index contributed by atoms with van der Waals surface area (Å²) in [4.78, 5) is 25.7. The molecule has 4 aromatic carbocycles. The van der Waals surface area contributed by atoms with Crippen molar-refractivity contribution in [1.29, 1.82) is 0 Å². The molecule has 11 heteroatoms. The van der Waals surface area contributed by atoms with Gasteiger partial charge in [-0.1, -0.05) is 55.8 Å². The fraction of sp³-hybridized carbons (Fsp3) is 0.404. The fourth-order valence-corrected chi connectivity index (χ4v) is 12.4. The number of anilines is 2. The Balaban J connectivity index is 1.10. The summed E-state index contributed by atoms with van der Waals surface area (Å²) < 4.78 is 12.3. The number of allylic oxidation sites excluding steroid dienone is 1. The molecule has 0 saturated heterocycles. The second kappa shape index (κ2) is 19.3. The molecule has 1 spiro atoms. The first-order chi connectivity index (χ1) is 33.0. The molecular formula is C57H62N3O8-. The lowest BCUT2D eigenvalue weighted by molar-refractivity contribution is -0.132. The molecule has 4 aliphatic rings. The summed E-state index contributed by atoms with van der Waals surface area (Å²) in [5, 5.41) is 62.4. The van der Waals surface area contributed by atoms with Gasteiger partial charge in [-0.05, 0) is 170 Å². The zero-order valence-corrected chi connectivity index (χ0v) is 38.7. The van der Waals surface area contributed by atoms with Crippen molar-refractivity contribution < 1.29 is 39.8 Å². The zero-order chi connectivity index (χ0) is 46.9. The number of Topliss-reactive ketones (excluding diaryl/α,β-unsaturated/α-hetero) is 1. The normalized spacial score (nSPS) is 24.2. The highest BCUT2D eigenvalue weighted by Gasteiger charge is 2.54. The SMILES string of the molecule is CC1CC=CC(COc2cc(C3CCc4c(ccc5cc(O)ccc45)Nc4cc(ccn4)C4(CCCC4Cc4ccc[n-]4)C(C(O)CCc4ccc(O)c5c4CCCO5)C(=O)C3)cc(O)c2O)C1. The van der Waals surface area contributed by atoms with Crippen LogP contribution in [-0.4, -0.2) is 55.6 Å². The number of ether oxygens (including phenoxy) is 2. The molecule has 2 bridgehead atoms. The summed E-state index contributed by atoms with van der Waals surface area (Å²) in [6.45, 7) is 3.08. The number of ketones is 1. The standard InChI is InChI=1S/C57H62N3O8/c1-34-6-2-7-35(26-34)33-68-52-30-39(29-51(65)55(52)66)37-11-16-46-44-17-15-43(61)27-38(44)12-18-47(46)60-53-32-41(21-24-59-53)57(22-3-8-40(57)31-42-9-4-23-58-42)54(50(64)28-37)48(62)19-13-36-14-20-49(63)56-45(36)10-5-25-67-56/h2,4,7,9,12,14-15,17-18,20-21,23-24,27,29-30,32,34-35,37,40,48,54,61-63,65-66H,3,5-6,8,10-11,13,16,19,22,25-26,28,31,33H2,1H3,(H,59,60)/q-1. The maximum Gasteiger partial charge on any atom is 0.200 e. The van der Waals surface area contributed by atoms with E-state index in [4.69, 9.17) is 19.4 Å². The predicted molar refractivity (Wildman–Crippen MR) is 262 cm³/mol. The number of hydrogen-bond donors (Lipinski definition) is 6. The molecular weight excluding hydrogens is 855 g/mol. The van der Waals surface area contributed by atoms with Crippen molar-refractivity contribution in [3.63, 3.8) is 0 Å². The lowest BCUT2D eigenvalue weighted by Gasteiger charge is -2.45. The van der Waals surface area contributed by atoms with Crippen LogP contribution in [-0.2, 0) is 35.9 Å².